The Balaban J connectivity index is 1.65. The van der Waals surface area contributed by atoms with E-state index in [4.69, 9.17) is 16.3 Å². The van der Waals surface area contributed by atoms with Gasteiger partial charge in [0.1, 0.15) is 5.65 Å². The Hall–Kier alpha value is -1.89. The number of aromatic nitrogens is 3. The number of nitrogens with one attached hydrogen (secondary N) is 1. The Bertz CT molecular complexity index is 861. The second-order valence-corrected chi connectivity index (χ2v) is 13.5. The van der Waals surface area contributed by atoms with E-state index in [-0.39, 0.29) is 0 Å². The molecule has 0 bridgehead atoms. The van der Waals surface area contributed by atoms with E-state index in [1.54, 1.807) is 12.4 Å². The van der Waals surface area contributed by atoms with Crippen molar-refractivity contribution in [2.24, 2.45) is 0 Å². The molecule has 1 N–H and O–H groups in total. The maximum absolute atomic E-state index is 6.39. The zero-order valence-corrected chi connectivity index (χ0v) is 17.3. The first-order chi connectivity index (χ1) is 12.4. The van der Waals surface area contributed by atoms with Crippen molar-refractivity contribution in [3.05, 3.63) is 48.0 Å². The highest BCUT2D eigenvalue weighted by Gasteiger charge is 2.12. The summed E-state index contributed by atoms with van der Waals surface area (Å²) >= 11 is 6.39. The SMILES string of the molecule is C[Si](C)(C)CCOCCn1ccc2cc(Nc3ccncc3)c(Cl)nc21. The predicted octanol–water partition coefficient (Wildman–Crippen LogP) is 5.18. The van der Waals surface area contributed by atoms with Gasteiger partial charge in [-0.1, -0.05) is 31.2 Å². The number of hydrogen-bond donors (Lipinski definition) is 1. The van der Waals surface area contributed by atoms with Crippen LogP contribution in [0.4, 0.5) is 11.4 Å². The molecule has 3 heterocycles. The van der Waals surface area contributed by atoms with Gasteiger partial charge in [-0.15, -0.1) is 0 Å². The van der Waals surface area contributed by atoms with Crippen molar-refractivity contribution in [2.75, 3.05) is 18.5 Å². The number of halogens is 1. The van der Waals surface area contributed by atoms with E-state index in [2.05, 4.69) is 45.6 Å². The Labute approximate surface area is 160 Å². The summed E-state index contributed by atoms with van der Waals surface area (Å²) < 4.78 is 7.89. The number of ether oxygens (including phenoxy) is 1. The minimum Gasteiger partial charge on any atom is -0.380 e. The summed E-state index contributed by atoms with van der Waals surface area (Å²) in [7, 11) is -1.04. The van der Waals surface area contributed by atoms with E-state index in [1.165, 1.54) is 6.04 Å². The average Bonchev–Trinajstić information content (AvgIpc) is 2.97. The summed E-state index contributed by atoms with van der Waals surface area (Å²) in [6, 6.07) is 9.05. The van der Waals surface area contributed by atoms with Crippen molar-refractivity contribution < 1.29 is 4.74 Å². The zero-order chi connectivity index (χ0) is 18.6. The van der Waals surface area contributed by atoms with Gasteiger partial charge in [0, 0.05) is 50.9 Å². The highest BCUT2D eigenvalue weighted by atomic mass is 35.5. The number of fused-ring (bicyclic) bond motifs is 1. The molecule has 7 heteroatoms. The van der Waals surface area contributed by atoms with Gasteiger partial charge in [0.25, 0.3) is 0 Å². The highest BCUT2D eigenvalue weighted by Crippen LogP contribution is 2.28. The molecule has 0 saturated heterocycles. The Morgan fingerprint density at radius 1 is 1.15 bits per heavy atom. The largest absolute Gasteiger partial charge is 0.380 e. The van der Waals surface area contributed by atoms with E-state index >= 15 is 0 Å². The zero-order valence-electron chi connectivity index (χ0n) is 15.5. The van der Waals surface area contributed by atoms with Crippen LogP contribution in [0.5, 0.6) is 0 Å². The van der Waals surface area contributed by atoms with Gasteiger partial charge in [-0.25, -0.2) is 4.98 Å². The minimum atomic E-state index is -1.04. The van der Waals surface area contributed by atoms with Gasteiger partial charge < -0.3 is 14.6 Å². The van der Waals surface area contributed by atoms with Gasteiger partial charge >= 0.3 is 0 Å². The smallest absolute Gasteiger partial charge is 0.154 e. The first-order valence-electron chi connectivity index (χ1n) is 8.82. The standard InChI is InChI=1S/C19H25ClN4OSi/c1-26(2,3)13-12-25-11-10-24-9-6-15-14-17(18(20)23-19(15)24)22-16-4-7-21-8-5-16/h4-9,14H,10-13H2,1-3H3,(H,21,22). The lowest BCUT2D eigenvalue weighted by Gasteiger charge is -2.15. The molecule has 3 aromatic heterocycles. The highest BCUT2D eigenvalue weighted by molar-refractivity contribution is 6.76. The average molecular weight is 389 g/mol. The normalized spacial score (nSPS) is 11.8. The molecule has 26 heavy (non-hydrogen) atoms. The summed E-state index contributed by atoms with van der Waals surface area (Å²) in [5, 5.41) is 4.78. The van der Waals surface area contributed by atoms with E-state index in [9.17, 15) is 0 Å². The molecule has 0 fully saturated rings. The summed E-state index contributed by atoms with van der Waals surface area (Å²) in [6.07, 6.45) is 5.51. The number of nitrogens with zero attached hydrogens (tertiary/aromatic N) is 3. The second-order valence-electron chi connectivity index (χ2n) is 7.53. The first-order valence-corrected chi connectivity index (χ1v) is 12.9. The second kappa shape index (κ2) is 8.20. The number of rotatable bonds is 8. The van der Waals surface area contributed by atoms with Crippen molar-refractivity contribution >= 4 is 42.1 Å². The Morgan fingerprint density at radius 3 is 2.65 bits per heavy atom. The molecule has 0 aliphatic rings. The van der Waals surface area contributed by atoms with Crippen LogP contribution < -0.4 is 5.32 Å². The van der Waals surface area contributed by atoms with Crippen LogP contribution in [0.3, 0.4) is 0 Å². The lowest BCUT2D eigenvalue weighted by molar-refractivity contribution is 0.139. The maximum atomic E-state index is 6.39. The van der Waals surface area contributed by atoms with Gasteiger partial charge in [0.15, 0.2) is 5.15 Å². The molecule has 0 radical (unpaired) electrons. The van der Waals surface area contributed by atoms with Gasteiger partial charge in [-0.3, -0.25) is 4.98 Å². The minimum absolute atomic E-state index is 0.453. The fourth-order valence-electron chi connectivity index (χ4n) is 2.59. The van der Waals surface area contributed by atoms with E-state index in [0.717, 1.165) is 35.6 Å². The topological polar surface area (TPSA) is 52.0 Å². The number of pyridine rings is 2. The van der Waals surface area contributed by atoms with Crippen molar-refractivity contribution in [1.82, 2.24) is 14.5 Å². The molecule has 138 valence electrons. The third-order valence-electron chi connectivity index (χ3n) is 4.12. The van der Waals surface area contributed by atoms with Gasteiger partial charge in [0.2, 0.25) is 0 Å². The number of anilines is 2. The summed E-state index contributed by atoms with van der Waals surface area (Å²) in [5.41, 5.74) is 2.59. The van der Waals surface area contributed by atoms with Crippen LogP contribution >= 0.6 is 11.6 Å². The molecule has 5 nitrogen and oxygen atoms in total. The number of hydrogen-bond acceptors (Lipinski definition) is 4. The monoisotopic (exact) mass is 388 g/mol. The third-order valence-corrected chi connectivity index (χ3v) is 6.11. The Kier molecular flexibility index (Phi) is 5.96. The summed E-state index contributed by atoms with van der Waals surface area (Å²) in [5.74, 6) is 0. The van der Waals surface area contributed by atoms with Crippen molar-refractivity contribution in [3.8, 4) is 0 Å². The quantitative estimate of drug-likeness (QED) is 0.328. The molecule has 0 amide bonds. The summed E-state index contributed by atoms with van der Waals surface area (Å²) in [6.45, 7) is 9.38. The molecular formula is C19H25ClN4OSi. The molecule has 0 spiro atoms. The van der Waals surface area contributed by atoms with Crippen molar-refractivity contribution in [3.63, 3.8) is 0 Å². The van der Waals surface area contributed by atoms with Gasteiger partial charge in [0.05, 0.1) is 12.3 Å². The first kappa shape index (κ1) is 18.9. The predicted molar refractivity (Wildman–Crippen MR) is 111 cm³/mol. The maximum Gasteiger partial charge on any atom is 0.154 e. The van der Waals surface area contributed by atoms with Crippen LogP contribution in [-0.2, 0) is 11.3 Å². The molecule has 0 atom stereocenters. The van der Waals surface area contributed by atoms with Crippen LogP contribution in [0.1, 0.15) is 0 Å². The molecule has 0 aliphatic carbocycles. The molecule has 0 aromatic carbocycles. The van der Waals surface area contributed by atoms with Crippen LogP contribution in [0.15, 0.2) is 42.9 Å². The van der Waals surface area contributed by atoms with Crippen LogP contribution in [-0.4, -0.2) is 35.8 Å². The molecule has 3 aromatic rings. The Morgan fingerprint density at radius 2 is 1.92 bits per heavy atom. The fraction of sp³-hybridized carbons (Fsp3) is 0.368. The molecule has 3 rings (SSSR count). The third kappa shape index (κ3) is 5.06. The lowest BCUT2D eigenvalue weighted by atomic mass is 10.3. The van der Waals surface area contributed by atoms with Crippen LogP contribution in [0.2, 0.25) is 30.8 Å². The summed E-state index contributed by atoms with van der Waals surface area (Å²) in [4.78, 5) is 8.59. The van der Waals surface area contributed by atoms with E-state index in [0.29, 0.717) is 11.8 Å². The molecular weight excluding hydrogens is 364 g/mol. The van der Waals surface area contributed by atoms with Crippen LogP contribution in [0, 0.1) is 0 Å². The van der Waals surface area contributed by atoms with Gasteiger partial charge in [-0.2, -0.15) is 0 Å². The van der Waals surface area contributed by atoms with Gasteiger partial charge in [-0.05, 0) is 30.3 Å². The lowest BCUT2D eigenvalue weighted by Crippen LogP contribution is -2.22. The molecule has 0 aliphatic heterocycles. The molecule has 0 saturated carbocycles. The molecule has 0 unspecified atom stereocenters. The van der Waals surface area contributed by atoms with Crippen LogP contribution in [0.25, 0.3) is 11.0 Å². The van der Waals surface area contributed by atoms with E-state index < -0.39 is 8.07 Å². The van der Waals surface area contributed by atoms with E-state index in [1.807, 2.05) is 24.4 Å². The van der Waals surface area contributed by atoms with Crippen molar-refractivity contribution in [1.29, 1.82) is 0 Å². The van der Waals surface area contributed by atoms with Crippen molar-refractivity contribution in [2.45, 2.75) is 32.2 Å². The fourth-order valence-corrected chi connectivity index (χ4v) is 3.53.